The first-order chi connectivity index (χ1) is 17.4. The number of carboxylic acids is 1. The van der Waals surface area contributed by atoms with Crippen molar-refractivity contribution in [2.24, 2.45) is 0 Å². The number of halogens is 3. The van der Waals surface area contributed by atoms with E-state index in [1.54, 1.807) is 4.57 Å². The van der Waals surface area contributed by atoms with Gasteiger partial charge in [-0.15, -0.1) is 0 Å². The molecule has 194 valence electrons. The number of hydrogen-bond acceptors (Lipinski definition) is 4. The largest absolute Gasteiger partial charge is 0.507 e. The van der Waals surface area contributed by atoms with Crippen molar-refractivity contribution in [1.82, 2.24) is 4.57 Å². The molecule has 0 atom stereocenters. The van der Waals surface area contributed by atoms with Crippen LogP contribution in [0.4, 0.5) is 13.2 Å². The minimum absolute atomic E-state index is 0.0152. The van der Waals surface area contributed by atoms with Crippen LogP contribution in [-0.4, -0.2) is 41.6 Å². The van der Waals surface area contributed by atoms with Crippen LogP contribution < -0.4 is 4.74 Å². The molecule has 2 N–H and O–H groups in total. The number of aromatic carboxylic acids is 1. The zero-order chi connectivity index (χ0) is 27.2. The lowest BCUT2D eigenvalue weighted by atomic mass is 9.84. The molecule has 9 heteroatoms. The van der Waals surface area contributed by atoms with E-state index in [9.17, 15) is 23.8 Å². The van der Waals surface area contributed by atoms with Crippen molar-refractivity contribution in [3.8, 4) is 28.3 Å². The summed E-state index contributed by atoms with van der Waals surface area (Å²) in [6.07, 6.45) is 0. The van der Waals surface area contributed by atoms with Gasteiger partial charge in [-0.2, -0.15) is 0 Å². The Hall–Kier alpha value is -3.98. The first kappa shape index (κ1) is 26.1. The first-order valence-electron chi connectivity index (χ1n) is 11.3. The molecular weight excluding hydrogens is 487 g/mol. The van der Waals surface area contributed by atoms with Crippen LogP contribution in [0.15, 0.2) is 42.5 Å². The molecule has 0 aliphatic rings. The Bertz CT molecular complexity index is 1540. The molecule has 4 rings (SSSR count). The van der Waals surface area contributed by atoms with E-state index < -0.39 is 34.6 Å². The molecular formula is C28H26F3NO5. The maximum atomic E-state index is 15.6. The van der Waals surface area contributed by atoms with Crippen LogP contribution in [0.3, 0.4) is 0 Å². The molecule has 3 aromatic carbocycles. The lowest BCUT2D eigenvalue weighted by Gasteiger charge is -2.28. The minimum Gasteiger partial charge on any atom is -0.507 e. The number of carbonyl (C=O) groups is 1. The molecule has 0 unspecified atom stereocenters. The summed E-state index contributed by atoms with van der Waals surface area (Å²) in [5.74, 6) is -3.97. The number of methoxy groups -OCH3 is 2. The van der Waals surface area contributed by atoms with Gasteiger partial charge in [-0.3, -0.25) is 0 Å². The summed E-state index contributed by atoms with van der Waals surface area (Å²) in [7, 11) is 2.81. The number of carboxylic acid groups (broad SMARTS) is 1. The third kappa shape index (κ3) is 4.40. The number of phenols is 1. The van der Waals surface area contributed by atoms with Gasteiger partial charge in [-0.25, -0.2) is 18.0 Å². The highest BCUT2D eigenvalue weighted by Gasteiger charge is 2.35. The number of benzene rings is 3. The third-order valence-corrected chi connectivity index (χ3v) is 6.37. The monoisotopic (exact) mass is 513 g/mol. The summed E-state index contributed by atoms with van der Waals surface area (Å²) in [6.45, 7) is 5.34. The van der Waals surface area contributed by atoms with Gasteiger partial charge >= 0.3 is 5.97 Å². The second-order valence-corrected chi connectivity index (χ2v) is 9.47. The van der Waals surface area contributed by atoms with Gasteiger partial charge in [0, 0.05) is 47.2 Å². The minimum atomic E-state index is -1.28. The maximum absolute atomic E-state index is 15.6. The van der Waals surface area contributed by atoms with E-state index in [0.717, 1.165) is 12.1 Å². The van der Waals surface area contributed by atoms with E-state index >= 15 is 4.39 Å². The Morgan fingerprint density at radius 2 is 1.73 bits per heavy atom. The van der Waals surface area contributed by atoms with Crippen LogP contribution in [-0.2, 0) is 10.2 Å². The fourth-order valence-corrected chi connectivity index (χ4v) is 4.85. The summed E-state index contributed by atoms with van der Waals surface area (Å²) >= 11 is 0. The number of hydrogen-bond donors (Lipinski definition) is 2. The summed E-state index contributed by atoms with van der Waals surface area (Å²) in [5.41, 5.74) is 0.473. The molecule has 0 radical (unpaired) electrons. The fraction of sp³-hybridized carbons (Fsp3) is 0.250. The number of phenolic OH excluding ortho intramolecular Hbond substituents is 1. The number of aromatic nitrogens is 1. The van der Waals surface area contributed by atoms with E-state index in [0.29, 0.717) is 16.9 Å². The number of rotatable bonds is 7. The van der Waals surface area contributed by atoms with Crippen LogP contribution in [0.25, 0.3) is 27.7 Å². The van der Waals surface area contributed by atoms with Gasteiger partial charge < -0.3 is 24.3 Å². The van der Waals surface area contributed by atoms with Gasteiger partial charge in [-0.1, -0.05) is 13.8 Å². The molecule has 6 nitrogen and oxygen atoms in total. The van der Waals surface area contributed by atoms with E-state index in [1.165, 1.54) is 51.5 Å². The normalized spacial score (nSPS) is 11.8. The number of nitrogens with zero attached hydrogens (tertiary/aromatic N) is 1. The van der Waals surface area contributed by atoms with Crippen molar-refractivity contribution >= 4 is 16.9 Å². The van der Waals surface area contributed by atoms with Crippen LogP contribution in [0.1, 0.15) is 35.5 Å². The van der Waals surface area contributed by atoms with E-state index in [-0.39, 0.29) is 39.9 Å². The summed E-state index contributed by atoms with van der Waals surface area (Å²) in [5, 5.41) is 20.5. The van der Waals surface area contributed by atoms with Crippen LogP contribution in [0.5, 0.6) is 11.5 Å². The van der Waals surface area contributed by atoms with E-state index in [4.69, 9.17) is 9.47 Å². The average molecular weight is 514 g/mol. The Morgan fingerprint density at radius 1 is 1.03 bits per heavy atom. The predicted octanol–water partition coefficient (Wildman–Crippen LogP) is 6.36. The Morgan fingerprint density at radius 3 is 2.35 bits per heavy atom. The standard InChI is InChI=1S/C28H26F3NO5/c1-14-8-18(20(31)12-17(14)27(34)35)24-25-21(9-15(29)10-22(25)33)32(26(24)28(2,3)13-36-4)16-6-7-19(30)23(11-16)37-5/h6-12,33H,13H2,1-5H3,(H,34,35). The lowest BCUT2D eigenvalue weighted by molar-refractivity contribution is 0.0695. The molecule has 4 aromatic rings. The van der Waals surface area contributed by atoms with E-state index in [1.807, 2.05) is 13.8 Å². The van der Waals surface area contributed by atoms with Crippen molar-refractivity contribution in [2.45, 2.75) is 26.2 Å². The molecule has 0 saturated heterocycles. The Kier molecular flexibility index (Phi) is 6.68. The molecule has 0 amide bonds. The first-order valence-corrected chi connectivity index (χ1v) is 11.3. The van der Waals surface area contributed by atoms with Gasteiger partial charge in [0.1, 0.15) is 17.4 Å². The summed E-state index contributed by atoms with van der Waals surface area (Å²) in [4.78, 5) is 11.6. The molecule has 1 aromatic heterocycles. The summed E-state index contributed by atoms with van der Waals surface area (Å²) in [6, 6.07) is 8.50. The number of aromatic hydroxyl groups is 1. The summed E-state index contributed by atoms with van der Waals surface area (Å²) < 4.78 is 56.8. The molecule has 1 heterocycles. The number of aryl methyl sites for hydroxylation is 1. The molecule has 0 fully saturated rings. The molecule has 0 bridgehead atoms. The highest BCUT2D eigenvalue weighted by atomic mass is 19.1. The van der Waals surface area contributed by atoms with Crippen LogP contribution in [0.2, 0.25) is 0 Å². The molecule has 0 saturated carbocycles. The number of fused-ring (bicyclic) bond motifs is 1. The highest BCUT2D eigenvalue weighted by Crippen LogP contribution is 2.47. The van der Waals surface area contributed by atoms with Gasteiger partial charge in [-0.05, 0) is 42.8 Å². The van der Waals surface area contributed by atoms with Gasteiger partial charge in [0.05, 0.1) is 30.2 Å². The number of ether oxygens (including phenoxy) is 2. The molecule has 0 aliphatic heterocycles. The second kappa shape index (κ2) is 9.48. The third-order valence-electron chi connectivity index (χ3n) is 6.37. The van der Waals surface area contributed by atoms with Crippen molar-refractivity contribution < 1.29 is 37.7 Å². The van der Waals surface area contributed by atoms with Crippen molar-refractivity contribution in [2.75, 3.05) is 20.8 Å². The van der Waals surface area contributed by atoms with Gasteiger partial charge in [0.2, 0.25) is 0 Å². The van der Waals surface area contributed by atoms with Gasteiger partial charge in [0.15, 0.2) is 11.6 Å². The highest BCUT2D eigenvalue weighted by molar-refractivity contribution is 6.04. The molecule has 0 aliphatic carbocycles. The topological polar surface area (TPSA) is 80.9 Å². The molecule has 0 spiro atoms. The van der Waals surface area contributed by atoms with Crippen LogP contribution in [0, 0.1) is 24.4 Å². The van der Waals surface area contributed by atoms with E-state index in [2.05, 4.69) is 0 Å². The predicted molar refractivity (Wildman–Crippen MR) is 133 cm³/mol. The molecule has 37 heavy (non-hydrogen) atoms. The van der Waals surface area contributed by atoms with Gasteiger partial charge in [0.25, 0.3) is 0 Å². The maximum Gasteiger partial charge on any atom is 0.336 e. The quantitative estimate of drug-likeness (QED) is 0.301. The van der Waals surface area contributed by atoms with Crippen molar-refractivity contribution in [1.29, 1.82) is 0 Å². The fourth-order valence-electron chi connectivity index (χ4n) is 4.85. The second-order valence-electron chi connectivity index (χ2n) is 9.47. The SMILES string of the molecule is COCC(C)(C)c1c(-c2cc(C)c(C(=O)O)cc2F)c2c(O)cc(F)cc2n1-c1ccc(F)c(OC)c1. The van der Waals surface area contributed by atoms with Crippen molar-refractivity contribution in [3.05, 3.63) is 76.7 Å². The van der Waals surface area contributed by atoms with Crippen molar-refractivity contribution in [3.63, 3.8) is 0 Å². The zero-order valence-electron chi connectivity index (χ0n) is 20.9. The lowest BCUT2D eigenvalue weighted by Crippen LogP contribution is -2.27. The average Bonchev–Trinajstić information content (AvgIpc) is 3.16. The zero-order valence-corrected chi connectivity index (χ0v) is 20.9. The smallest absolute Gasteiger partial charge is 0.336 e. The van der Waals surface area contributed by atoms with Crippen LogP contribution >= 0.6 is 0 Å². The Balaban J connectivity index is 2.26. The Labute approximate surface area is 211 Å².